The summed E-state index contributed by atoms with van der Waals surface area (Å²) >= 11 is 5.30. The molecule has 0 heterocycles. The van der Waals surface area contributed by atoms with Gasteiger partial charge in [-0.3, -0.25) is 0 Å². The van der Waals surface area contributed by atoms with E-state index in [-0.39, 0.29) is 17.4 Å². The minimum Gasteiger partial charge on any atom is -0.205 e. The molecule has 0 spiro atoms. The Hall–Kier alpha value is -0.270. The third-order valence-corrected chi connectivity index (χ3v) is 1.05. The van der Waals surface area contributed by atoms with Gasteiger partial charge in [-0.1, -0.05) is 23.7 Å². The van der Waals surface area contributed by atoms with Crippen LogP contribution in [0.1, 0.15) is 0 Å². The molecule has 1 aromatic carbocycles. The second-order valence-corrected chi connectivity index (χ2v) is 1.74. The summed E-state index contributed by atoms with van der Waals surface area (Å²) in [4.78, 5) is 0. The quantitative estimate of drug-likeness (QED) is 0.555. The normalized spacial score (nSPS) is 8.22. The number of hydrogen-bond acceptors (Lipinski definition) is 0. The van der Waals surface area contributed by atoms with E-state index in [9.17, 15) is 4.39 Å². The predicted molar refractivity (Wildman–Crippen MR) is 37.5 cm³/mol. The minimum atomic E-state index is -0.492. The van der Waals surface area contributed by atoms with Crippen LogP contribution in [0.25, 0.3) is 0 Å². The third kappa shape index (κ3) is 2.20. The lowest BCUT2D eigenvalue weighted by Gasteiger charge is -1.86. The van der Waals surface area contributed by atoms with Crippen molar-refractivity contribution in [3.05, 3.63) is 35.1 Å². The van der Waals surface area contributed by atoms with Crippen LogP contribution in [0.4, 0.5) is 4.39 Å². The Labute approximate surface area is 64.1 Å². The lowest BCUT2D eigenvalue weighted by atomic mass is 10.4. The first kappa shape index (κ1) is 8.73. The summed E-state index contributed by atoms with van der Waals surface area (Å²) < 4.78 is 12.1. The molecule has 0 unspecified atom stereocenters. The first-order valence-corrected chi connectivity index (χ1v) is 2.50. The van der Waals surface area contributed by atoms with Crippen molar-refractivity contribution in [1.29, 1.82) is 0 Å². The number of benzene rings is 1. The number of rotatable bonds is 0. The monoisotopic (exact) mass is 165 g/mol. The second kappa shape index (κ2) is 3.70. The van der Waals surface area contributed by atoms with E-state index in [1.54, 1.807) is 6.07 Å². The van der Waals surface area contributed by atoms with Crippen molar-refractivity contribution in [3.63, 3.8) is 0 Å². The Balaban J connectivity index is 0.000000640. The highest BCUT2D eigenvalue weighted by atomic mass is 35.5. The molecule has 9 heavy (non-hydrogen) atoms. The second-order valence-electron chi connectivity index (χ2n) is 1.33. The number of hydrogen-bond donors (Lipinski definition) is 0. The molecule has 0 amide bonds. The van der Waals surface area contributed by atoms with Crippen LogP contribution < -0.4 is 0 Å². The summed E-state index contributed by atoms with van der Waals surface area (Å²) in [5.41, 5.74) is 0. The zero-order valence-electron chi connectivity index (χ0n) is 4.40. The summed E-state index contributed by atoms with van der Waals surface area (Å²) in [5.74, 6) is -0.492. The van der Waals surface area contributed by atoms with Gasteiger partial charge in [0.05, 0.1) is 5.02 Å². The van der Waals surface area contributed by atoms with Crippen molar-refractivity contribution in [3.8, 4) is 0 Å². The molecule has 49 valence electrons. The van der Waals surface area contributed by atoms with E-state index in [0.29, 0.717) is 0 Å². The molecule has 0 aliphatic carbocycles. The van der Waals surface area contributed by atoms with Gasteiger partial charge >= 0.3 is 0 Å². The summed E-state index contributed by atoms with van der Waals surface area (Å²) in [6.07, 6.45) is 0. The van der Waals surface area contributed by atoms with Gasteiger partial charge in [0.1, 0.15) is 5.82 Å². The summed E-state index contributed by atoms with van der Waals surface area (Å²) in [7, 11) is 0. The third-order valence-electron chi connectivity index (χ3n) is 0.759. The van der Waals surface area contributed by atoms with E-state index < -0.39 is 5.82 Å². The molecule has 0 aliphatic rings. The highest BCUT2D eigenvalue weighted by Gasteiger charge is 1.92. The average molecular weight is 166 g/mol. The molecule has 0 bridgehead atoms. The Bertz CT molecular complexity index is 167. The van der Waals surface area contributed by atoms with E-state index >= 15 is 0 Å². The van der Waals surface area contributed by atoms with Gasteiger partial charge in [0.15, 0.2) is 0 Å². The Morgan fingerprint density at radius 1 is 1.56 bits per heavy atom. The first-order chi connectivity index (χ1) is 3.80. The fourth-order valence-corrected chi connectivity index (χ4v) is 0.523. The highest BCUT2D eigenvalue weighted by molar-refractivity contribution is 6.30. The van der Waals surface area contributed by atoms with Gasteiger partial charge in [-0.25, -0.2) is 4.39 Å². The first-order valence-electron chi connectivity index (χ1n) is 2.12. The van der Waals surface area contributed by atoms with E-state index in [1.807, 2.05) is 0 Å². The van der Waals surface area contributed by atoms with E-state index in [4.69, 9.17) is 11.6 Å². The molecule has 0 aromatic heterocycles. The maximum Gasteiger partial charge on any atom is 0.149 e. The van der Waals surface area contributed by atoms with Crippen LogP contribution in [0.2, 0.25) is 5.02 Å². The van der Waals surface area contributed by atoms with E-state index in [0.717, 1.165) is 0 Å². The minimum absolute atomic E-state index is 0. The Morgan fingerprint density at radius 2 is 2.22 bits per heavy atom. The molecule has 0 N–H and O–H groups in total. The van der Waals surface area contributed by atoms with Crippen molar-refractivity contribution >= 4 is 24.0 Å². The van der Waals surface area contributed by atoms with Gasteiger partial charge in [-0.05, 0) is 6.07 Å². The summed E-state index contributed by atoms with van der Waals surface area (Å²) in [6.45, 7) is 0. The zero-order chi connectivity index (χ0) is 5.98. The Morgan fingerprint density at radius 3 is 2.56 bits per heavy atom. The van der Waals surface area contributed by atoms with Crippen LogP contribution in [0, 0.1) is 11.9 Å². The molecule has 0 atom stereocenters. The maximum atomic E-state index is 12.1. The molecule has 0 saturated carbocycles. The maximum absolute atomic E-state index is 12.1. The lowest BCUT2D eigenvalue weighted by Crippen LogP contribution is -1.71. The van der Waals surface area contributed by atoms with Gasteiger partial charge < -0.3 is 0 Å². The molecule has 1 aromatic rings. The topological polar surface area (TPSA) is 0 Å². The largest absolute Gasteiger partial charge is 0.205 e. The van der Waals surface area contributed by atoms with Crippen molar-refractivity contribution in [2.75, 3.05) is 0 Å². The lowest BCUT2D eigenvalue weighted by molar-refractivity contribution is 0.626. The SMILES string of the molecule is Cl.Fc1[c]cccc1Cl. The van der Waals surface area contributed by atoms with Gasteiger partial charge in [0.2, 0.25) is 0 Å². The van der Waals surface area contributed by atoms with Crippen LogP contribution >= 0.6 is 24.0 Å². The molecule has 0 nitrogen and oxygen atoms in total. The van der Waals surface area contributed by atoms with Gasteiger partial charge in [0.25, 0.3) is 0 Å². The molecule has 0 aliphatic heterocycles. The van der Waals surface area contributed by atoms with Crippen molar-refractivity contribution in [2.45, 2.75) is 0 Å². The molecule has 0 saturated heterocycles. The average Bonchev–Trinajstić information content (AvgIpc) is 1.77. The van der Waals surface area contributed by atoms with Crippen LogP contribution in [0.15, 0.2) is 18.2 Å². The molecule has 1 rings (SSSR count). The van der Waals surface area contributed by atoms with Gasteiger partial charge in [-0.2, -0.15) is 0 Å². The smallest absolute Gasteiger partial charge is 0.149 e. The molecule has 3 heteroatoms. The van der Waals surface area contributed by atoms with Gasteiger partial charge in [-0.15, -0.1) is 12.4 Å². The molecule has 1 radical (unpaired) electrons. The highest BCUT2D eigenvalue weighted by Crippen LogP contribution is 2.10. The van der Waals surface area contributed by atoms with Crippen molar-refractivity contribution < 1.29 is 4.39 Å². The van der Waals surface area contributed by atoms with Crippen molar-refractivity contribution in [2.24, 2.45) is 0 Å². The molecule has 0 fully saturated rings. The van der Waals surface area contributed by atoms with Gasteiger partial charge in [0, 0.05) is 6.07 Å². The number of halogens is 3. The summed E-state index contributed by atoms with van der Waals surface area (Å²) in [6, 6.07) is 6.88. The Kier molecular flexibility index (Phi) is 3.59. The van der Waals surface area contributed by atoms with Crippen molar-refractivity contribution in [1.82, 2.24) is 0 Å². The molecular weight excluding hydrogens is 162 g/mol. The zero-order valence-corrected chi connectivity index (χ0v) is 5.97. The molecular formula is C6H4Cl2F. The van der Waals surface area contributed by atoms with Crippen LogP contribution in [0.3, 0.4) is 0 Å². The van der Waals surface area contributed by atoms with Crippen LogP contribution in [-0.2, 0) is 0 Å². The van der Waals surface area contributed by atoms with Crippen LogP contribution in [-0.4, -0.2) is 0 Å². The summed E-state index contributed by atoms with van der Waals surface area (Å²) in [5, 5.41) is 0.118. The predicted octanol–water partition coefficient (Wildman–Crippen LogP) is 2.70. The van der Waals surface area contributed by atoms with E-state index in [2.05, 4.69) is 6.07 Å². The fourth-order valence-electron chi connectivity index (χ4n) is 0.396. The van der Waals surface area contributed by atoms with E-state index in [1.165, 1.54) is 12.1 Å². The standard InChI is InChI=1S/C6H3ClF.ClH/c7-5-3-1-2-4-6(5)8;/h1-3H;1H. The van der Waals surface area contributed by atoms with Crippen LogP contribution in [0.5, 0.6) is 0 Å². The fraction of sp³-hybridized carbons (Fsp3) is 0.